The van der Waals surface area contributed by atoms with Gasteiger partial charge in [-0.05, 0) is 46.6 Å². The molecule has 0 amide bonds. The van der Waals surface area contributed by atoms with Crippen LogP contribution >= 0.6 is 15.9 Å². The fourth-order valence-electron chi connectivity index (χ4n) is 1.90. The fraction of sp³-hybridized carbons (Fsp3) is 0.333. The van der Waals surface area contributed by atoms with E-state index in [9.17, 15) is 9.18 Å². The van der Waals surface area contributed by atoms with Crippen molar-refractivity contribution in [2.45, 2.75) is 20.4 Å². The number of aromatic amines is 1. The molecule has 21 heavy (non-hydrogen) atoms. The van der Waals surface area contributed by atoms with Crippen molar-refractivity contribution in [1.29, 1.82) is 0 Å². The number of H-pyrrole nitrogens is 1. The second-order valence-electron chi connectivity index (χ2n) is 5.23. The van der Waals surface area contributed by atoms with Gasteiger partial charge in [-0.3, -0.25) is 4.79 Å². The first kappa shape index (κ1) is 15.9. The minimum absolute atomic E-state index is 0.224. The highest BCUT2D eigenvalue weighted by Crippen LogP contribution is 2.25. The highest BCUT2D eigenvalue weighted by molar-refractivity contribution is 9.10. The average Bonchev–Trinajstić information content (AvgIpc) is 2.37. The van der Waals surface area contributed by atoms with E-state index in [4.69, 9.17) is 0 Å². The highest BCUT2D eigenvalue weighted by Gasteiger charge is 2.09. The summed E-state index contributed by atoms with van der Waals surface area (Å²) in [6.07, 6.45) is 0. The predicted molar refractivity (Wildman–Crippen MR) is 84.5 cm³/mol. The number of benzene rings is 1. The second-order valence-corrected chi connectivity index (χ2v) is 6.09. The lowest BCUT2D eigenvalue weighted by Gasteiger charge is -2.09. The molecule has 2 N–H and O–H groups in total. The van der Waals surface area contributed by atoms with Gasteiger partial charge in [-0.25, -0.2) is 9.37 Å². The summed E-state index contributed by atoms with van der Waals surface area (Å²) in [6, 6.07) is 5.74. The van der Waals surface area contributed by atoms with Crippen LogP contribution in [-0.2, 0) is 6.54 Å². The molecular formula is C15H17BrFN3O. The number of rotatable bonds is 5. The number of hydrogen-bond acceptors (Lipinski definition) is 3. The maximum absolute atomic E-state index is 13.1. The molecule has 0 fully saturated rings. The van der Waals surface area contributed by atoms with Crippen molar-refractivity contribution < 1.29 is 4.39 Å². The molecule has 0 bridgehead atoms. The first-order valence-corrected chi connectivity index (χ1v) is 7.51. The molecule has 6 heteroatoms. The van der Waals surface area contributed by atoms with E-state index in [-0.39, 0.29) is 11.4 Å². The third-order valence-electron chi connectivity index (χ3n) is 2.84. The standard InChI is InChI=1S/C15H17BrFN3O/c1-9(2)7-18-8-11-6-14(21)20-15(19-11)12-4-3-10(17)5-13(12)16/h3-6,9,18H,7-8H2,1-2H3,(H,19,20,21). The number of nitrogens with zero attached hydrogens (tertiary/aromatic N) is 1. The Kier molecular flexibility index (Phi) is 5.25. The molecule has 2 aromatic rings. The quantitative estimate of drug-likeness (QED) is 0.868. The molecule has 2 rings (SSSR count). The van der Waals surface area contributed by atoms with Gasteiger partial charge in [0.05, 0.1) is 5.69 Å². The Morgan fingerprint density at radius 2 is 2.14 bits per heavy atom. The minimum Gasteiger partial charge on any atom is -0.311 e. The van der Waals surface area contributed by atoms with E-state index in [0.717, 1.165) is 6.54 Å². The molecule has 0 aliphatic heterocycles. The van der Waals surface area contributed by atoms with Gasteiger partial charge in [0.25, 0.3) is 5.56 Å². The Bertz CT molecular complexity index is 685. The monoisotopic (exact) mass is 353 g/mol. The SMILES string of the molecule is CC(C)CNCc1cc(=O)[nH]c(-c2ccc(F)cc2Br)n1. The third kappa shape index (κ3) is 4.47. The van der Waals surface area contributed by atoms with Crippen LogP contribution in [0.4, 0.5) is 4.39 Å². The van der Waals surface area contributed by atoms with E-state index in [1.807, 2.05) is 0 Å². The van der Waals surface area contributed by atoms with E-state index >= 15 is 0 Å². The molecule has 0 atom stereocenters. The van der Waals surface area contributed by atoms with E-state index in [1.165, 1.54) is 18.2 Å². The minimum atomic E-state index is -0.345. The first-order valence-electron chi connectivity index (χ1n) is 6.72. The molecule has 1 aromatic heterocycles. The van der Waals surface area contributed by atoms with Crippen LogP contribution in [-0.4, -0.2) is 16.5 Å². The van der Waals surface area contributed by atoms with Crippen LogP contribution in [0.15, 0.2) is 33.5 Å². The molecule has 0 radical (unpaired) electrons. The third-order valence-corrected chi connectivity index (χ3v) is 3.50. The lowest BCUT2D eigenvalue weighted by molar-refractivity contribution is 0.548. The van der Waals surface area contributed by atoms with Crippen molar-refractivity contribution in [3.63, 3.8) is 0 Å². The van der Waals surface area contributed by atoms with E-state index < -0.39 is 0 Å². The van der Waals surface area contributed by atoms with Gasteiger partial charge in [0.15, 0.2) is 0 Å². The molecule has 0 aliphatic rings. The molecule has 1 aromatic carbocycles. The number of halogens is 2. The van der Waals surface area contributed by atoms with Crippen molar-refractivity contribution in [3.05, 3.63) is 50.6 Å². The molecule has 1 heterocycles. The van der Waals surface area contributed by atoms with Gasteiger partial charge in [-0.1, -0.05) is 13.8 Å². The molecule has 0 saturated heterocycles. The number of hydrogen-bond donors (Lipinski definition) is 2. The Morgan fingerprint density at radius 3 is 2.81 bits per heavy atom. The van der Waals surface area contributed by atoms with Crippen molar-refractivity contribution in [2.75, 3.05) is 6.54 Å². The maximum atomic E-state index is 13.1. The zero-order valence-electron chi connectivity index (χ0n) is 11.9. The zero-order chi connectivity index (χ0) is 15.4. The van der Waals surface area contributed by atoms with E-state index in [0.29, 0.717) is 34.0 Å². The number of aromatic nitrogens is 2. The van der Waals surface area contributed by atoms with Crippen LogP contribution in [0.2, 0.25) is 0 Å². The average molecular weight is 354 g/mol. The zero-order valence-corrected chi connectivity index (χ0v) is 13.5. The van der Waals surface area contributed by atoms with Gasteiger partial charge in [0.2, 0.25) is 0 Å². The number of nitrogens with one attached hydrogen (secondary N) is 2. The smallest absolute Gasteiger partial charge is 0.251 e. The predicted octanol–water partition coefficient (Wildman–Crippen LogP) is 3.08. The Balaban J connectivity index is 2.28. The first-order chi connectivity index (χ1) is 9.95. The normalized spacial score (nSPS) is 11.1. The van der Waals surface area contributed by atoms with Gasteiger partial charge in [0, 0.05) is 22.6 Å². The summed E-state index contributed by atoms with van der Waals surface area (Å²) in [5.74, 6) is 0.608. The maximum Gasteiger partial charge on any atom is 0.251 e. The van der Waals surface area contributed by atoms with Crippen LogP contribution in [0, 0.1) is 11.7 Å². The molecule has 0 unspecified atom stereocenters. The van der Waals surface area contributed by atoms with Gasteiger partial charge in [-0.15, -0.1) is 0 Å². The van der Waals surface area contributed by atoms with Gasteiger partial charge in [0.1, 0.15) is 11.6 Å². The van der Waals surface area contributed by atoms with Gasteiger partial charge >= 0.3 is 0 Å². The Hall–Kier alpha value is -1.53. The Morgan fingerprint density at radius 1 is 1.38 bits per heavy atom. The lowest BCUT2D eigenvalue weighted by atomic mass is 10.2. The summed E-state index contributed by atoms with van der Waals surface area (Å²) in [7, 11) is 0. The Labute approximate surface area is 130 Å². The summed E-state index contributed by atoms with van der Waals surface area (Å²) in [5, 5.41) is 3.24. The van der Waals surface area contributed by atoms with Crippen molar-refractivity contribution in [3.8, 4) is 11.4 Å². The van der Waals surface area contributed by atoms with Crippen LogP contribution in [0.1, 0.15) is 19.5 Å². The largest absolute Gasteiger partial charge is 0.311 e. The van der Waals surface area contributed by atoms with Gasteiger partial charge in [-0.2, -0.15) is 0 Å². The summed E-state index contributed by atoms with van der Waals surface area (Å²) in [5.41, 5.74) is 1.09. The van der Waals surface area contributed by atoms with Crippen LogP contribution in [0.5, 0.6) is 0 Å². The summed E-state index contributed by atoms with van der Waals surface area (Å²) in [4.78, 5) is 18.8. The molecule has 112 valence electrons. The molecule has 0 aliphatic carbocycles. The second kappa shape index (κ2) is 6.95. The van der Waals surface area contributed by atoms with Crippen molar-refractivity contribution in [2.24, 2.45) is 5.92 Å². The lowest BCUT2D eigenvalue weighted by Crippen LogP contribution is -2.21. The van der Waals surface area contributed by atoms with Crippen LogP contribution < -0.4 is 10.9 Å². The van der Waals surface area contributed by atoms with Gasteiger partial charge < -0.3 is 10.3 Å². The fourth-order valence-corrected chi connectivity index (χ4v) is 2.44. The summed E-state index contributed by atoms with van der Waals surface area (Å²) >= 11 is 3.29. The molecule has 4 nitrogen and oxygen atoms in total. The molecule has 0 saturated carbocycles. The van der Waals surface area contributed by atoms with Crippen LogP contribution in [0.25, 0.3) is 11.4 Å². The van der Waals surface area contributed by atoms with Crippen molar-refractivity contribution >= 4 is 15.9 Å². The molecular weight excluding hydrogens is 337 g/mol. The topological polar surface area (TPSA) is 57.8 Å². The molecule has 0 spiro atoms. The van der Waals surface area contributed by atoms with Crippen LogP contribution in [0.3, 0.4) is 0 Å². The highest BCUT2D eigenvalue weighted by atomic mass is 79.9. The van der Waals surface area contributed by atoms with Crippen molar-refractivity contribution in [1.82, 2.24) is 15.3 Å². The summed E-state index contributed by atoms with van der Waals surface area (Å²) in [6.45, 7) is 5.59. The summed E-state index contributed by atoms with van der Waals surface area (Å²) < 4.78 is 13.7. The van der Waals surface area contributed by atoms with E-state index in [1.54, 1.807) is 6.07 Å². The van der Waals surface area contributed by atoms with E-state index in [2.05, 4.69) is 45.1 Å².